The van der Waals surface area contributed by atoms with Crippen molar-refractivity contribution in [2.24, 2.45) is 0 Å². The molecule has 0 saturated carbocycles. The lowest BCUT2D eigenvalue weighted by atomic mass is 10.2. The van der Waals surface area contributed by atoms with E-state index in [1.54, 1.807) is 12.4 Å². The monoisotopic (exact) mass is 281 g/mol. The van der Waals surface area contributed by atoms with Crippen LogP contribution in [0.3, 0.4) is 0 Å². The predicted molar refractivity (Wildman–Crippen MR) is 73.0 cm³/mol. The van der Waals surface area contributed by atoms with E-state index in [0.29, 0.717) is 5.88 Å². The van der Waals surface area contributed by atoms with Gasteiger partial charge in [-0.15, -0.1) is 22.9 Å². The molecule has 0 aliphatic carbocycles. The van der Waals surface area contributed by atoms with Gasteiger partial charge in [-0.1, -0.05) is 0 Å². The second kappa shape index (κ2) is 5.93. The summed E-state index contributed by atoms with van der Waals surface area (Å²) in [5.74, 6) is 0.279. The van der Waals surface area contributed by atoms with Gasteiger partial charge in [-0.3, -0.25) is 9.78 Å². The second-order valence-electron chi connectivity index (χ2n) is 3.78. The van der Waals surface area contributed by atoms with Crippen molar-refractivity contribution in [3.8, 4) is 0 Å². The summed E-state index contributed by atoms with van der Waals surface area (Å²) in [6, 6.07) is 1.85. The Bertz CT molecular complexity index is 556. The fourth-order valence-corrected chi connectivity index (χ4v) is 2.44. The van der Waals surface area contributed by atoms with Crippen molar-refractivity contribution in [3.05, 3.63) is 40.1 Å². The number of carbonyl (C=O) groups excluding carboxylic acids is 1. The Morgan fingerprint density at radius 3 is 3.06 bits per heavy atom. The quantitative estimate of drug-likeness (QED) is 0.877. The van der Waals surface area contributed by atoms with Gasteiger partial charge in [0, 0.05) is 11.6 Å². The molecule has 0 aliphatic rings. The summed E-state index contributed by atoms with van der Waals surface area (Å²) < 4.78 is 0. The zero-order chi connectivity index (χ0) is 13.0. The number of rotatable bonds is 4. The third-order valence-corrected chi connectivity index (χ3v) is 3.53. The molecule has 2 aromatic heterocycles. The number of amides is 1. The standard InChI is InChI=1S/C12H12ClN3OS/c1-8-2-3-14-6-10(8)16-11(17)4-12-15-9(5-13)7-18-12/h2-3,6-7H,4-5H2,1H3,(H,16,17). The number of hydrogen-bond donors (Lipinski definition) is 1. The van der Waals surface area contributed by atoms with E-state index in [0.717, 1.165) is 22.0 Å². The predicted octanol–water partition coefficient (Wildman–Crippen LogP) is 2.77. The number of aryl methyl sites for hydroxylation is 1. The van der Waals surface area contributed by atoms with Gasteiger partial charge in [0.1, 0.15) is 5.01 Å². The molecule has 0 fully saturated rings. The Labute approximate surface area is 114 Å². The number of nitrogens with zero attached hydrogens (tertiary/aromatic N) is 2. The molecule has 0 unspecified atom stereocenters. The summed E-state index contributed by atoms with van der Waals surface area (Å²) in [5.41, 5.74) is 2.53. The van der Waals surface area contributed by atoms with Gasteiger partial charge < -0.3 is 5.32 Å². The summed E-state index contributed by atoms with van der Waals surface area (Å²) in [6.45, 7) is 1.92. The smallest absolute Gasteiger partial charge is 0.231 e. The third-order valence-electron chi connectivity index (χ3n) is 2.36. The van der Waals surface area contributed by atoms with E-state index in [1.165, 1.54) is 11.3 Å². The van der Waals surface area contributed by atoms with Crippen molar-refractivity contribution < 1.29 is 4.79 Å². The molecule has 1 amide bonds. The van der Waals surface area contributed by atoms with Crippen LogP contribution >= 0.6 is 22.9 Å². The molecule has 18 heavy (non-hydrogen) atoms. The highest BCUT2D eigenvalue weighted by Gasteiger charge is 2.09. The van der Waals surface area contributed by atoms with Crippen LogP contribution in [-0.4, -0.2) is 15.9 Å². The lowest BCUT2D eigenvalue weighted by molar-refractivity contribution is -0.115. The Balaban J connectivity index is 1.99. The van der Waals surface area contributed by atoms with Gasteiger partial charge in [-0.25, -0.2) is 4.98 Å². The molecule has 2 heterocycles. The van der Waals surface area contributed by atoms with Crippen molar-refractivity contribution in [1.82, 2.24) is 9.97 Å². The van der Waals surface area contributed by atoms with Gasteiger partial charge in [0.2, 0.25) is 5.91 Å². The molecule has 0 aromatic carbocycles. The lowest BCUT2D eigenvalue weighted by Crippen LogP contribution is -2.15. The molecule has 0 spiro atoms. The molecule has 0 atom stereocenters. The number of nitrogens with one attached hydrogen (secondary N) is 1. The van der Waals surface area contributed by atoms with E-state index in [2.05, 4.69) is 15.3 Å². The van der Waals surface area contributed by atoms with Crippen molar-refractivity contribution in [2.75, 3.05) is 5.32 Å². The van der Waals surface area contributed by atoms with Crippen LogP contribution in [0.4, 0.5) is 5.69 Å². The van der Waals surface area contributed by atoms with Crippen LogP contribution in [-0.2, 0) is 17.1 Å². The average molecular weight is 282 g/mol. The summed E-state index contributed by atoms with van der Waals surface area (Å²) in [7, 11) is 0. The number of anilines is 1. The second-order valence-corrected chi connectivity index (χ2v) is 4.99. The van der Waals surface area contributed by atoms with Crippen LogP contribution in [0, 0.1) is 6.92 Å². The molecule has 0 radical (unpaired) electrons. The molecule has 4 nitrogen and oxygen atoms in total. The van der Waals surface area contributed by atoms with Gasteiger partial charge in [0.25, 0.3) is 0 Å². The van der Waals surface area contributed by atoms with E-state index < -0.39 is 0 Å². The average Bonchev–Trinajstić information content (AvgIpc) is 2.80. The Kier molecular flexibility index (Phi) is 4.28. The third kappa shape index (κ3) is 3.27. The number of alkyl halides is 1. The Morgan fingerprint density at radius 2 is 2.39 bits per heavy atom. The topological polar surface area (TPSA) is 54.9 Å². The molecular weight excluding hydrogens is 270 g/mol. The highest BCUT2D eigenvalue weighted by Crippen LogP contribution is 2.15. The summed E-state index contributed by atoms with van der Waals surface area (Å²) in [5, 5.41) is 5.45. The van der Waals surface area contributed by atoms with Crippen molar-refractivity contribution in [2.45, 2.75) is 19.2 Å². The highest BCUT2D eigenvalue weighted by molar-refractivity contribution is 7.09. The van der Waals surface area contributed by atoms with Crippen LogP contribution in [0.15, 0.2) is 23.8 Å². The molecule has 1 N–H and O–H groups in total. The number of aromatic nitrogens is 2. The summed E-state index contributed by atoms with van der Waals surface area (Å²) in [4.78, 5) is 20.0. The first-order valence-electron chi connectivity index (χ1n) is 5.38. The van der Waals surface area contributed by atoms with Gasteiger partial charge in [0.15, 0.2) is 0 Å². The first kappa shape index (κ1) is 13.0. The molecule has 6 heteroatoms. The minimum atomic E-state index is -0.0958. The molecule has 0 bridgehead atoms. The fraction of sp³-hybridized carbons (Fsp3) is 0.250. The minimum absolute atomic E-state index is 0.0958. The first-order chi connectivity index (χ1) is 8.69. The molecule has 0 aliphatic heterocycles. The number of pyridine rings is 1. The van der Waals surface area contributed by atoms with Crippen LogP contribution in [0.25, 0.3) is 0 Å². The summed E-state index contributed by atoms with van der Waals surface area (Å²) in [6.07, 6.45) is 3.59. The maximum Gasteiger partial charge on any atom is 0.231 e. The summed E-state index contributed by atoms with van der Waals surface area (Å²) >= 11 is 7.11. The Morgan fingerprint density at radius 1 is 1.56 bits per heavy atom. The number of halogens is 1. The van der Waals surface area contributed by atoms with E-state index in [9.17, 15) is 4.79 Å². The van der Waals surface area contributed by atoms with Crippen molar-refractivity contribution >= 4 is 34.5 Å². The molecule has 2 rings (SSSR count). The number of carbonyl (C=O) groups is 1. The maximum absolute atomic E-state index is 11.8. The van der Waals surface area contributed by atoms with Crippen LogP contribution in [0.1, 0.15) is 16.3 Å². The van der Waals surface area contributed by atoms with Gasteiger partial charge in [0.05, 0.1) is 29.9 Å². The van der Waals surface area contributed by atoms with Crippen LogP contribution < -0.4 is 5.32 Å². The highest BCUT2D eigenvalue weighted by atomic mass is 35.5. The normalized spacial score (nSPS) is 10.3. The molecule has 0 saturated heterocycles. The van der Waals surface area contributed by atoms with Crippen molar-refractivity contribution in [3.63, 3.8) is 0 Å². The first-order valence-corrected chi connectivity index (χ1v) is 6.80. The zero-order valence-corrected chi connectivity index (χ0v) is 11.4. The lowest BCUT2D eigenvalue weighted by Gasteiger charge is -2.06. The van der Waals surface area contributed by atoms with Gasteiger partial charge >= 0.3 is 0 Å². The van der Waals surface area contributed by atoms with Crippen LogP contribution in [0.2, 0.25) is 0 Å². The van der Waals surface area contributed by atoms with Crippen molar-refractivity contribution in [1.29, 1.82) is 0 Å². The Hall–Kier alpha value is -1.46. The number of thiazole rings is 1. The fourth-order valence-electron chi connectivity index (χ4n) is 1.42. The SMILES string of the molecule is Cc1ccncc1NC(=O)Cc1nc(CCl)cs1. The molecular formula is C12H12ClN3OS. The van der Waals surface area contributed by atoms with Crippen LogP contribution in [0.5, 0.6) is 0 Å². The van der Waals surface area contributed by atoms with Gasteiger partial charge in [-0.2, -0.15) is 0 Å². The minimum Gasteiger partial charge on any atom is -0.324 e. The van der Waals surface area contributed by atoms with E-state index >= 15 is 0 Å². The zero-order valence-electron chi connectivity index (χ0n) is 9.81. The van der Waals surface area contributed by atoms with Gasteiger partial charge in [-0.05, 0) is 18.6 Å². The number of hydrogen-bond acceptors (Lipinski definition) is 4. The maximum atomic E-state index is 11.8. The van der Waals surface area contributed by atoms with E-state index in [-0.39, 0.29) is 12.3 Å². The molecule has 2 aromatic rings. The van der Waals surface area contributed by atoms with E-state index in [1.807, 2.05) is 18.4 Å². The molecule has 94 valence electrons. The van der Waals surface area contributed by atoms with E-state index in [4.69, 9.17) is 11.6 Å². The largest absolute Gasteiger partial charge is 0.324 e.